The van der Waals surface area contributed by atoms with Crippen molar-refractivity contribution >= 4 is 35.2 Å². The summed E-state index contributed by atoms with van der Waals surface area (Å²) in [5.41, 5.74) is 0.898. The Morgan fingerprint density at radius 1 is 0.936 bits per heavy atom. The molecule has 3 amide bonds. The number of fused-ring (bicyclic) bond motifs is 1. The SMILES string of the molecule is CSc1cccc(NC(=O)C2[C@@H]3C=CC4(O3)C(C(=O)NC3CCCCC3)N(CCCN3CCN(Cc5ccccc5)CC3)C(=O)[C@H]24)c1. The van der Waals surface area contributed by atoms with E-state index in [4.69, 9.17) is 4.74 Å². The highest BCUT2D eigenvalue weighted by Crippen LogP contribution is 2.55. The minimum atomic E-state index is -1.13. The minimum Gasteiger partial charge on any atom is -0.359 e. The van der Waals surface area contributed by atoms with Crippen LogP contribution in [0.2, 0.25) is 0 Å². The number of nitrogens with one attached hydrogen (secondary N) is 2. The number of thioether (sulfide) groups is 1. The first kappa shape index (κ1) is 32.4. The molecule has 1 saturated carbocycles. The molecule has 0 aromatic heterocycles. The Hall–Kier alpha value is -3.18. The summed E-state index contributed by atoms with van der Waals surface area (Å²) >= 11 is 1.61. The van der Waals surface area contributed by atoms with Crippen LogP contribution >= 0.6 is 11.8 Å². The molecule has 4 heterocycles. The molecule has 4 fully saturated rings. The van der Waals surface area contributed by atoms with Gasteiger partial charge in [0.2, 0.25) is 17.7 Å². The summed E-state index contributed by atoms with van der Waals surface area (Å²) in [6, 6.07) is 17.6. The van der Waals surface area contributed by atoms with Crippen LogP contribution < -0.4 is 10.6 Å². The van der Waals surface area contributed by atoms with Crippen molar-refractivity contribution in [3.05, 3.63) is 72.3 Å². The molecule has 5 aliphatic rings. The molecule has 2 N–H and O–H groups in total. The number of amides is 3. The summed E-state index contributed by atoms with van der Waals surface area (Å²) in [6.45, 7) is 6.24. The number of piperazine rings is 1. The average molecular weight is 658 g/mol. The van der Waals surface area contributed by atoms with Crippen LogP contribution in [0, 0.1) is 11.8 Å². The van der Waals surface area contributed by atoms with Crippen LogP contribution in [-0.2, 0) is 25.7 Å². The maximum absolute atomic E-state index is 14.4. The number of likely N-dealkylation sites (tertiary alicyclic amines) is 1. The number of nitrogens with zero attached hydrogens (tertiary/aromatic N) is 3. The van der Waals surface area contributed by atoms with Crippen molar-refractivity contribution in [3.8, 4) is 0 Å². The predicted octanol–water partition coefficient (Wildman–Crippen LogP) is 4.15. The average Bonchev–Trinajstić information content (AvgIpc) is 3.74. The second-order valence-electron chi connectivity index (χ2n) is 13.8. The molecular weight excluding hydrogens is 611 g/mol. The van der Waals surface area contributed by atoms with E-state index in [-0.39, 0.29) is 23.8 Å². The van der Waals surface area contributed by atoms with Gasteiger partial charge in [0, 0.05) is 55.9 Å². The van der Waals surface area contributed by atoms with Crippen molar-refractivity contribution < 1.29 is 19.1 Å². The Balaban J connectivity index is 1.04. The summed E-state index contributed by atoms with van der Waals surface area (Å²) in [7, 11) is 0. The molecule has 5 atom stereocenters. The van der Waals surface area contributed by atoms with Gasteiger partial charge in [0.05, 0.1) is 17.9 Å². The summed E-state index contributed by atoms with van der Waals surface area (Å²) in [4.78, 5) is 50.1. The summed E-state index contributed by atoms with van der Waals surface area (Å²) in [5.74, 6) is -1.96. The molecule has 7 rings (SSSR count). The maximum atomic E-state index is 14.4. The number of carbonyl (C=O) groups is 3. The molecule has 4 aliphatic heterocycles. The molecule has 2 aromatic rings. The fraction of sp³-hybridized carbons (Fsp3) is 0.541. The molecule has 3 saturated heterocycles. The van der Waals surface area contributed by atoms with Gasteiger partial charge in [0.25, 0.3) is 0 Å². The lowest BCUT2D eigenvalue weighted by Gasteiger charge is -2.36. The lowest BCUT2D eigenvalue weighted by atomic mass is 9.74. The largest absolute Gasteiger partial charge is 0.359 e. The zero-order chi connectivity index (χ0) is 32.4. The van der Waals surface area contributed by atoms with Crippen molar-refractivity contribution in [2.75, 3.05) is 50.8 Å². The molecule has 2 bridgehead atoms. The highest BCUT2D eigenvalue weighted by Gasteiger charge is 2.72. The van der Waals surface area contributed by atoms with Gasteiger partial charge in [-0.15, -0.1) is 11.8 Å². The molecule has 1 spiro atoms. The molecular formula is C37H47N5O4S. The van der Waals surface area contributed by atoms with Crippen molar-refractivity contribution in [1.82, 2.24) is 20.0 Å². The van der Waals surface area contributed by atoms with E-state index in [1.54, 1.807) is 16.7 Å². The molecule has 1 aliphatic carbocycles. The molecule has 250 valence electrons. The number of hydrogen-bond acceptors (Lipinski definition) is 7. The van der Waals surface area contributed by atoms with E-state index in [0.29, 0.717) is 12.2 Å². The molecule has 3 unspecified atom stereocenters. The lowest BCUT2D eigenvalue weighted by Crippen LogP contribution is -2.56. The van der Waals surface area contributed by atoms with E-state index in [2.05, 4.69) is 50.8 Å². The first-order valence-electron chi connectivity index (χ1n) is 17.4. The van der Waals surface area contributed by atoms with Crippen LogP contribution in [0.15, 0.2) is 71.6 Å². The Labute approximate surface area is 282 Å². The third kappa shape index (κ3) is 6.62. The van der Waals surface area contributed by atoms with Gasteiger partial charge in [-0.1, -0.05) is 67.8 Å². The van der Waals surface area contributed by atoms with E-state index in [0.717, 1.165) is 76.3 Å². The zero-order valence-corrected chi connectivity index (χ0v) is 28.1. The quantitative estimate of drug-likeness (QED) is 0.277. The highest BCUT2D eigenvalue weighted by molar-refractivity contribution is 7.98. The van der Waals surface area contributed by atoms with Crippen LogP contribution in [-0.4, -0.2) is 102 Å². The van der Waals surface area contributed by atoms with Gasteiger partial charge in [-0.3, -0.25) is 19.3 Å². The Morgan fingerprint density at radius 2 is 1.70 bits per heavy atom. The van der Waals surface area contributed by atoms with Crippen molar-refractivity contribution in [3.63, 3.8) is 0 Å². The van der Waals surface area contributed by atoms with Crippen molar-refractivity contribution in [2.45, 2.75) is 73.8 Å². The fourth-order valence-electron chi connectivity index (χ4n) is 8.44. The Kier molecular flexibility index (Phi) is 9.73. The summed E-state index contributed by atoms with van der Waals surface area (Å²) in [6.07, 6.45) is 11.3. The summed E-state index contributed by atoms with van der Waals surface area (Å²) in [5, 5.41) is 6.35. The van der Waals surface area contributed by atoms with Crippen LogP contribution in [0.5, 0.6) is 0 Å². The predicted molar refractivity (Wildman–Crippen MR) is 184 cm³/mol. The maximum Gasteiger partial charge on any atom is 0.246 e. The minimum absolute atomic E-state index is 0.112. The van der Waals surface area contributed by atoms with Gasteiger partial charge >= 0.3 is 0 Å². The smallest absolute Gasteiger partial charge is 0.246 e. The van der Waals surface area contributed by atoms with E-state index in [1.807, 2.05) is 42.7 Å². The molecule has 47 heavy (non-hydrogen) atoms. The fourth-order valence-corrected chi connectivity index (χ4v) is 8.90. The standard InChI is InChI=1S/C37H47N5O4S/c1-47-29-15-8-14-28(24-29)39-34(43)31-30-16-17-37(46-30)32(31)36(45)42(33(37)35(44)38-27-12-6-3-7-13-27)19-9-18-40-20-22-41(23-21-40)25-26-10-4-2-5-11-26/h2,4-5,8,10-11,14-17,24,27,30-33H,3,6-7,9,12-13,18-23,25H2,1H3,(H,38,44)(H,39,43)/t30-,31?,32-,33?,37?/m0/s1. The van der Waals surface area contributed by atoms with E-state index in [9.17, 15) is 14.4 Å². The third-order valence-electron chi connectivity index (χ3n) is 10.8. The molecule has 9 nitrogen and oxygen atoms in total. The van der Waals surface area contributed by atoms with Crippen molar-refractivity contribution in [1.29, 1.82) is 0 Å². The first-order valence-corrected chi connectivity index (χ1v) is 18.6. The zero-order valence-electron chi connectivity index (χ0n) is 27.3. The highest BCUT2D eigenvalue weighted by atomic mass is 32.2. The number of carbonyl (C=O) groups excluding carboxylic acids is 3. The van der Waals surface area contributed by atoms with Crippen molar-refractivity contribution in [2.24, 2.45) is 11.8 Å². The van der Waals surface area contributed by atoms with Gasteiger partial charge in [0.1, 0.15) is 11.6 Å². The van der Waals surface area contributed by atoms with Gasteiger partial charge in [-0.2, -0.15) is 0 Å². The van der Waals surface area contributed by atoms with Gasteiger partial charge in [-0.25, -0.2) is 0 Å². The van der Waals surface area contributed by atoms with E-state index < -0.39 is 29.6 Å². The second kappa shape index (κ2) is 14.1. The second-order valence-corrected chi connectivity index (χ2v) is 14.6. The normalized spacial score (nSPS) is 29.3. The third-order valence-corrected chi connectivity index (χ3v) is 11.5. The molecule has 2 aromatic carbocycles. The molecule has 10 heteroatoms. The van der Waals surface area contributed by atoms with Gasteiger partial charge < -0.3 is 25.2 Å². The first-order chi connectivity index (χ1) is 22.9. The number of benzene rings is 2. The van der Waals surface area contributed by atoms with Crippen LogP contribution in [0.3, 0.4) is 0 Å². The number of hydrogen-bond donors (Lipinski definition) is 2. The van der Waals surface area contributed by atoms with Crippen LogP contribution in [0.25, 0.3) is 0 Å². The number of anilines is 1. The number of rotatable bonds is 11. The monoisotopic (exact) mass is 657 g/mol. The summed E-state index contributed by atoms with van der Waals surface area (Å²) < 4.78 is 6.57. The Bertz CT molecular complexity index is 1470. The van der Waals surface area contributed by atoms with Crippen LogP contribution in [0.1, 0.15) is 44.1 Å². The van der Waals surface area contributed by atoms with Crippen LogP contribution in [0.4, 0.5) is 5.69 Å². The molecule has 0 radical (unpaired) electrons. The topological polar surface area (TPSA) is 94.2 Å². The Morgan fingerprint density at radius 3 is 2.47 bits per heavy atom. The lowest BCUT2D eigenvalue weighted by molar-refractivity contribution is -0.141. The van der Waals surface area contributed by atoms with E-state index in [1.165, 1.54) is 12.0 Å². The van der Waals surface area contributed by atoms with Gasteiger partial charge in [0.15, 0.2) is 0 Å². The van der Waals surface area contributed by atoms with E-state index >= 15 is 0 Å². The number of ether oxygens (including phenoxy) is 1. The van der Waals surface area contributed by atoms with Gasteiger partial charge in [-0.05, 0) is 55.8 Å².